The fraction of sp³-hybridized carbons (Fsp3) is 0.857. The molecule has 0 aromatic carbocycles. The van der Waals surface area contributed by atoms with Crippen LogP contribution >= 0.6 is 0 Å². The van der Waals surface area contributed by atoms with Crippen LogP contribution in [0.4, 0.5) is 4.79 Å². The van der Waals surface area contributed by atoms with Gasteiger partial charge in [-0.3, -0.25) is 0 Å². The number of amides is 2. The molecule has 2 amide bonds. The van der Waals surface area contributed by atoms with Crippen LogP contribution in [0.15, 0.2) is 0 Å². The highest BCUT2D eigenvalue weighted by atomic mass is 16.4. The Kier molecular flexibility index (Phi) is 5.20. The molecule has 0 heterocycles. The number of carbonyl (C=O) groups excluding carboxylic acids is 1. The van der Waals surface area contributed by atoms with Gasteiger partial charge in [-0.05, 0) is 30.6 Å². The first-order valence-corrected chi connectivity index (χ1v) is 7.02. The molecule has 1 rings (SSSR count). The van der Waals surface area contributed by atoms with Crippen molar-refractivity contribution in [3.8, 4) is 0 Å². The molecule has 0 aliphatic heterocycles. The highest BCUT2D eigenvalue weighted by Gasteiger charge is 2.35. The van der Waals surface area contributed by atoms with Gasteiger partial charge >= 0.3 is 12.0 Å². The number of urea groups is 1. The van der Waals surface area contributed by atoms with Crippen LogP contribution in [0.5, 0.6) is 0 Å². The smallest absolute Gasteiger partial charge is 0.326 e. The molecular formula is C14H26N2O3. The first-order valence-electron chi connectivity index (χ1n) is 7.02. The molecule has 0 spiro atoms. The van der Waals surface area contributed by atoms with Crippen molar-refractivity contribution in [2.75, 3.05) is 0 Å². The predicted octanol–water partition coefficient (Wildman–Crippen LogP) is 2.36. The number of aliphatic carboxylic acids is 1. The van der Waals surface area contributed by atoms with E-state index in [9.17, 15) is 9.59 Å². The molecule has 0 aromatic rings. The highest BCUT2D eigenvalue weighted by Crippen LogP contribution is 2.37. The monoisotopic (exact) mass is 270 g/mol. The molecule has 5 heteroatoms. The van der Waals surface area contributed by atoms with Crippen LogP contribution in [-0.4, -0.2) is 29.2 Å². The minimum atomic E-state index is -0.977. The van der Waals surface area contributed by atoms with Crippen LogP contribution in [0.3, 0.4) is 0 Å². The van der Waals surface area contributed by atoms with Gasteiger partial charge in [-0.15, -0.1) is 0 Å². The van der Waals surface area contributed by atoms with E-state index in [2.05, 4.69) is 24.5 Å². The summed E-state index contributed by atoms with van der Waals surface area (Å²) in [7, 11) is 0. The molecule has 1 saturated carbocycles. The predicted molar refractivity (Wildman–Crippen MR) is 74.0 cm³/mol. The Bertz CT molecular complexity index is 340. The Morgan fingerprint density at radius 2 is 2.00 bits per heavy atom. The van der Waals surface area contributed by atoms with Gasteiger partial charge in [-0.25, -0.2) is 9.59 Å². The van der Waals surface area contributed by atoms with E-state index >= 15 is 0 Å². The average Bonchev–Trinajstić information content (AvgIpc) is 2.56. The minimum absolute atomic E-state index is 0.0914. The van der Waals surface area contributed by atoms with E-state index in [0.717, 1.165) is 19.3 Å². The first kappa shape index (κ1) is 15.8. The lowest BCUT2D eigenvalue weighted by atomic mass is 9.87. The zero-order valence-corrected chi connectivity index (χ0v) is 12.3. The lowest BCUT2D eigenvalue weighted by molar-refractivity contribution is -0.139. The van der Waals surface area contributed by atoms with E-state index < -0.39 is 12.0 Å². The SMILES string of the molecule is CC(C)CC(NC(=O)NC1CCCC1(C)C)C(=O)O. The molecule has 5 nitrogen and oxygen atoms in total. The molecule has 1 fully saturated rings. The van der Waals surface area contributed by atoms with Gasteiger partial charge in [-0.1, -0.05) is 34.1 Å². The standard InChI is InChI=1S/C14H26N2O3/c1-9(2)8-10(12(17)18)15-13(19)16-11-6-5-7-14(11,3)4/h9-11H,5-8H2,1-4H3,(H,17,18)(H2,15,16,19). The van der Waals surface area contributed by atoms with Crippen LogP contribution in [0, 0.1) is 11.3 Å². The zero-order valence-electron chi connectivity index (χ0n) is 12.3. The summed E-state index contributed by atoms with van der Waals surface area (Å²) in [5.74, 6) is -0.751. The first-order chi connectivity index (χ1) is 8.72. The Hall–Kier alpha value is -1.26. The molecule has 0 aromatic heterocycles. The van der Waals surface area contributed by atoms with Crippen LogP contribution in [0.25, 0.3) is 0 Å². The summed E-state index contributed by atoms with van der Waals surface area (Å²) < 4.78 is 0. The molecule has 0 radical (unpaired) electrons. The number of carbonyl (C=O) groups is 2. The third kappa shape index (κ3) is 4.73. The Balaban J connectivity index is 2.51. The van der Waals surface area contributed by atoms with Crippen molar-refractivity contribution in [3.63, 3.8) is 0 Å². The topological polar surface area (TPSA) is 78.4 Å². The molecule has 110 valence electrons. The molecule has 1 aliphatic rings. The van der Waals surface area contributed by atoms with Gasteiger partial charge in [0.05, 0.1) is 0 Å². The Morgan fingerprint density at radius 3 is 2.42 bits per heavy atom. The summed E-state index contributed by atoms with van der Waals surface area (Å²) in [4.78, 5) is 23.0. The number of hydrogen-bond donors (Lipinski definition) is 3. The van der Waals surface area contributed by atoms with Gasteiger partial charge in [0, 0.05) is 6.04 Å². The van der Waals surface area contributed by atoms with Crippen molar-refractivity contribution in [2.45, 2.75) is 65.5 Å². The molecule has 19 heavy (non-hydrogen) atoms. The van der Waals surface area contributed by atoms with E-state index in [4.69, 9.17) is 5.11 Å². The van der Waals surface area contributed by atoms with Crippen LogP contribution in [0.1, 0.15) is 53.4 Å². The quantitative estimate of drug-likeness (QED) is 0.717. The Morgan fingerprint density at radius 1 is 1.37 bits per heavy atom. The Labute approximate surface area is 115 Å². The van der Waals surface area contributed by atoms with E-state index in [0.29, 0.717) is 6.42 Å². The van der Waals surface area contributed by atoms with Crippen molar-refractivity contribution in [1.29, 1.82) is 0 Å². The fourth-order valence-corrected chi connectivity index (χ4v) is 2.65. The second-order valence-electron chi connectivity index (χ2n) is 6.57. The molecule has 0 saturated heterocycles. The highest BCUT2D eigenvalue weighted by molar-refractivity contribution is 5.82. The maximum Gasteiger partial charge on any atom is 0.326 e. The van der Waals surface area contributed by atoms with Gasteiger partial charge in [0.15, 0.2) is 0 Å². The van der Waals surface area contributed by atoms with Gasteiger partial charge in [0.25, 0.3) is 0 Å². The number of nitrogens with one attached hydrogen (secondary N) is 2. The third-order valence-corrected chi connectivity index (χ3v) is 3.87. The van der Waals surface area contributed by atoms with Crippen LogP contribution in [0.2, 0.25) is 0 Å². The van der Waals surface area contributed by atoms with Crippen molar-refractivity contribution in [1.82, 2.24) is 10.6 Å². The molecular weight excluding hydrogens is 244 g/mol. The second kappa shape index (κ2) is 6.26. The van der Waals surface area contributed by atoms with Crippen molar-refractivity contribution < 1.29 is 14.7 Å². The molecule has 0 bridgehead atoms. The van der Waals surface area contributed by atoms with Crippen LogP contribution < -0.4 is 10.6 Å². The minimum Gasteiger partial charge on any atom is -0.480 e. The third-order valence-electron chi connectivity index (χ3n) is 3.87. The largest absolute Gasteiger partial charge is 0.480 e. The van der Waals surface area contributed by atoms with Gasteiger partial charge < -0.3 is 15.7 Å². The zero-order chi connectivity index (χ0) is 14.6. The maximum absolute atomic E-state index is 11.9. The van der Waals surface area contributed by atoms with Crippen molar-refractivity contribution in [3.05, 3.63) is 0 Å². The second-order valence-corrected chi connectivity index (χ2v) is 6.57. The fourth-order valence-electron chi connectivity index (χ4n) is 2.65. The van der Waals surface area contributed by atoms with Gasteiger partial charge in [-0.2, -0.15) is 0 Å². The van der Waals surface area contributed by atoms with Crippen molar-refractivity contribution in [2.24, 2.45) is 11.3 Å². The molecule has 3 N–H and O–H groups in total. The van der Waals surface area contributed by atoms with E-state index in [1.807, 2.05) is 13.8 Å². The molecule has 2 atom stereocenters. The van der Waals surface area contributed by atoms with Crippen LogP contribution in [-0.2, 0) is 4.79 Å². The lowest BCUT2D eigenvalue weighted by Gasteiger charge is -2.28. The summed E-state index contributed by atoms with van der Waals surface area (Å²) in [6.07, 6.45) is 3.59. The van der Waals surface area contributed by atoms with Crippen molar-refractivity contribution >= 4 is 12.0 Å². The summed E-state index contributed by atoms with van der Waals surface area (Å²) >= 11 is 0. The van der Waals surface area contributed by atoms with E-state index in [-0.39, 0.29) is 23.4 Å². The molecule has 2 unspecified atom stereocenters. The summed E-state index contributed by atoms with van der Waals surface area (Å²) in [6, 6.07) is -1.06. The molecule has 1 aliphatic carbocycles. The summed E-state index contributed by atoms with van der Waals surface area (Å²) in [5.41, 5.74) is 0.0914. The average molecular weight is 270 g/mol. The van der Waals surface area contributed by atoms with Gasteiger partial charge in [0.1, 0.15) is 6.04 Å². The number of carboxylic acids is 1. The number of rotatable bonds is 5. The summed E-state index contributed by atoms with van der Waals surface area (Å²) in [6.45, 7) is 8.15. The number of hydrogen-bond acceptors (Lipinski definition) is 2. The van der Waals surface area contributed by atoms with E-state index in [1.165, 1.54) is 0 Å². The normalized spacial score (nSPS) is 23.1. The van der Waals surface area contributed by atoms with Gasteiger partial charge in [0.2, 0.25) is 0 Å². The maximum atomic E-state index is 11.9. The van der Waals surface area contributed by atoms with E-state index in [1.54, 1.807) is 0 Å². The lowest BCUT2D eigenvalue weighted by Crippen LogP contribution is -2.51. The number of carboxylic acid groups (broad SMARTS) is 1. The summed E-state index contributed by atoms with van der Waals surface area (Å²) in [5, 5.41) is 14.6.